The van der Waals surface area contributed by atoms with E-state index in [-0.39, 0.29) is 13.0 Å². The van der Waals surface area contributed by atoms with Gasteiger partial charge in [-0.1, -0.05) is 24.3 Å². The molecule has 0 radical (unpaired) electrons. The SMILES string of the molecule is COC(=O)c1cc(C)c(OC(=O)c2c3ccccc3[n+](CCC(=O)O)c3ccccc23)c(C)c1. The lowest BCUT2D eigenvalue weighted by Gasteiger charge is -2.14. The third-order valence-electron chi connectivity index (χ3n) is 5.76. The van der Waals surface area contributed by atoms with E-state index in [1.165, 1.54) is 7.11 Å². The average molecular weight is 458 g/mol. The molecule has 4 aromatic rings. The molecule has 1 N–H and O–H groups in total. The Labute approximate surface area is 196 Å². The number of carbonyl (C=O) groups excluding carboxylic acids is 2. The lowest BCUT2D eigenvalue weighted by molar-refractivity contribution is -0.644. The van der Waals surface area contributed by atoms with Crippen LogP contribution in [0.15, 0.2) is 60.7 Å². The molecular formula is C27H24NO6+. The van der Waals surface area contributed by atoms with Gasteiger partial charge in [0.25, 0.3) is 0 Å². The van der Waals surface area contributed by atoms with E-state index < -0.39 is 17.9 Å². The van der Waals surface area contributed by atoms with E-state index >= 15 is 0 Å². The van der Waals surface area contributed by atoms with Gasteiger partial charge in [-0.15, -0.1) is 0 Å². The highest BCUT2D eigenvalue weighted by Gasteiger charge is 2.26. The Morgan fingerprint density at radius 3 is 1.88 bits per heavy atom. The number of aromatic nitrogens is 1. The molecular weight excluding hydrogens is 434 g/mol. The summed E-state index contributed by atoms with van der Waals surface area (Å²) < 4.78 is 12.6. The van der Waals surface area contributed by atoms with E-state index in [0.29, 0.717) is 38.8 Å². The fourth-order valence-electron chi connectivity index (χ4n) is 4.27. The van der Waals surface area contributed by atoms with Gasteiger partial charge in [-0.2, -0.15) is 4.57 Å². The van der Waals surface area contributed by atoms with Crippen molar-refractivity contribution in [2.75, 3.05) is 7.11 Å². The van der Waals surface area contributed by atoms with Crippen LogP contribution < -0.4 is 9.30 Å². The molecule has 0 atom stereocenters. The zero-order valence-corrected chi connectivity index (χ0v) is 19.1. The van der Waals surface area contributed by atoms with Crippen molar-refractivity contribution in [3.8, 4) is 5.75 Å². The Kier molecular flexibility index (Phi) is 6.27. The molecule has 0 unspecified atom stereocenters. The highest BCUT2D eigenvalue weighted by molar-refractivity contribution is 6.13. The molecule has 0 spiro atoms. The number of para-hydroxylation sites is 2. The normalized spacial score (nSPS) is 10.9. The zero-order chi connectivity index (χ0) is 24.4. The highest BCUT2D eigenvalue weighted by atomic mass is 16.5. The lowest BCUT2D eigenvalue weighted by Crippen LogP contribution is -2.37. The Bertz CT molecular complexity index is 1380. The highest BCUT2D eigenvalue weighted by Crippen LogP contribution is 2.30. The summed E-state index contributed by atoms with van der Waals surface area (Å²) in [5, 5.41) is 10.6. The van der Waals surface area contributed by atoms with Crippen LogP contribution in [0.2, 0.25) is 0 Å². The molecule has 172 valence electrons. The molecule has 7 nitrogen and oxygen atoms in total. The molecule has 0 aliphatic heterocycles. The lowest BCUT2D eigenvalue weighted by atomic mass is 10.0. The van der Waals surface area contributed by atoms with Crippen LogP contribution in [-0.2, 0) is 16.1 Å². The summed E-state index contributed by atoms with van der Waals surface area (Å²) in [6, 6.07) is 18.0. The zero-order valence-electron chi connectivity index (χ0n) is 19.1. The van der Waals surface area contributed by atoms with Gasteiger partial charge in [-0.05, 0) is 49.2 Å². The number of fused-ring (bicyclic) bond motifs is 2. The maximum absolute atomic E-state index is 13.6. The third-order valence-corrected chi connectivity index (χ3v) is 5.76. The number of benzene rings is 3. The number of carboxylic acids is 1. The van der Waals surface area contributed by atoms with Crippen molar-refractivity contribution in [3.05, 3.63) is 82.9 Å². The predicted octanol–water partition coefficient (Wildman–Crippen LogP) is 4.38. The first-order chi connectivity index (χ1) is 16.3. The van der Waals surface area contributed by atoms with Gasteiger partial charge in [0, 0.05) is 12.1 Å². The van der Waals surface area contributed by atoms with Crippen LogP contribution in [0.4, 0.5) is 0 Å². The number of ether oxygens (including phenoxy) is 2. The van der Waals surface area contributed by atoms with E-state index in [1.54, 1.807) is 26.0 Å². The van der Waals surface area contributed by atoms with Crippen molar-refractivity contribution >= 4 is 39.7 Å². The van der Waals surface area contributed by atoms with Crippen LogP contribution in [-0.4, -0.2) is 30.1 Å². The number of aliphatic carboxylic acids is 1. The second-order valence-corrected chi connectivity index (χ2v) is 8.02. The monoisotopic (exact) mass is 458 g/mol. The van der Waals surface area contributed by atoms with E-state index in [2.05, 4.69) is 0 Å². The minimum atomic E-state index is -0.898. The third kappa shape index (κ3) is 4.20. The first-order valence-corrected chi connectivity index (χ1v) is 10.8. The largest absolute Gasteiger partial charge is 0.481 e. The first-order valence-electron chi connectivity index (χ1n) is 10.8. The molecule has 0 amide bonds. The Hall–Kier alpha value is -4.26. The van der Waals surface area contributed by atoms with Crippen molar-refractivity contribution < 1.29 is 33.5 Å². The number of hydrogen-bond donors (Lipinski definition) is 1. The standard InChI is InChI=1S/C27H23NO6/c1-16-14-18(26(31)33-3)15-17(2)25(16)34-27(32)24-19-8-4-6-10-21(19)28(13-12-23(29)30)22-11-7-5-9-20(22)24/h4-11,14-15H,12-13H2,1-3H3/p+1. The summed E-state index contributed by atoms with van der Waals surface area (Å²) in [6.45, 7) is 3.80. The van der Waals surface area contributed by atoms with Crippen molar-refractivity contribution in [2.45, 2.75) is 26.8 Å². The van der Waals surface area contributed by atoms with Gasteiger partial charge in [0.15, 0.2) is 6.54 Å². The van der Waals surface area contributed by atoms with E-state index in [9.17, 15) is 19.5 Å². The minimum Gasteiger partial charge on any atom is -0.481 e. The summed E-state index contributed by atoms with van der Waals surface area (Å²) in [7, 11) is 1.31. The molecule has 1 heterocycles. The summed E-state index contributed by atoms with van der Waals surface area (Å²) in [4.78, 5) is 36.8. The van der Waals surface area contributed by atoms with Crippen LogP contribution in [0.25, 0.3) is 21.8 Å². The summed E-state index contributed by atoms with van der Waals surface area (Å²) in [5.74, 6) is -1.51. The fourth-order valence-corrected chi connectivity index (χ4v) is 4.27. The molecule has 0 saturated carbocycles. The maximum atomic E-state index is 13.6. The number of carboxylic acid groups (broad SMARTS) is 1. The fraction of sp³-hybridized carbons (Fsp3) is 0.185. The van der Waals surface area contributed by atoms with E-state index in [1.807, 2.05) is 53.1 Å². The average Bonchev–Trinajstić information content (AvgIpc) is 2.83. The predicted molar refractivity (Wildman–Crippen MR) is 126 cm³/mol. The molecule has 0 saturated heterocycles. The summed E-state index contributed by atoms with van der Waals surface area (Å²) in [5.41, 5.74) is 3.53. The number of hydrogen-bond acceptors (Lipinski definition) is 5. The van der Waals surface area contributed by atoms with Gasteiger partial charge >= 0.3 is 17.9 Å². The van der Waals surface area contributed by atoms with Crippen molar-refractivity contribution in [1.82, 2.24) is 0 Å². The van der Waals surface area contributed by atoms with Crippen molar-refractivity contribution in [3.63, 3.8) is 0 Å². The van der Waals surface area contributed by atoms with Crippen LogP contribution in [0.5, 0.6) is 5.75 Å². The molecule has 34 heavy (non-hydrogen) atoms. The summed E-state index contributed by atoms with van der Waals surface area (Å²) in [6.07, 6.45) is -0.0482. The number of aryl methyl sites for hydroxylation is 3. The molecule has 0 aliphatic carbocycles. The quantitative estimate of drug-likeness (QED) is 0.200. The van der Waals surface area contributed by atoms with Crippen LogP contribution in [0.1, 0.15) is 38.3 Å². The number of esters is 2. The van der Waals surface area contributed by atoms with E-state index in [0.717, 1.165) is 11.0 Å². The van der Waals surface area contributed by atoms with Gasteiger partial charge in [0.1, 0.15) is 12.2 Å². The number of rotatable bonds is 6. The first kappa shape index (κ1) is 22.9. The number of carbonyl (C=O) groups is 3. The Balaban J connectivity index is 1.87. The van der Waals surface area contributed by atoms with Gasteiger partial charge in [0.05, 0.1) is 29.0 Å². The number of pyridine rings is 1. The van der Waals surface area contributed by atoms with E-state index in [4.69, 9.17) is 9.47 Å². The van der Waals surface area contributed by atoms with Crippen molar-refractivity contribution in [1.29, 1.82) is 0 Å². The Morgan fingerprint density at radius 1 is 0.853 bits per heavy atom. The number of nitrogens with zero attached hydrogens (tertiary/aromatic N) is 1. The molecule has 4 rings (SSSR count). The topological polar surface area (TPSA) is 93.8 Å². The van der Waals surface area contributed by atoms with Crippen LogP contribution >= 0.6 is 0 Å². The molecule has 7 heteroatoms. The second kappa shape index (κ2) is 9.31. The van der Waals surface area contributed by atoms with Crippen LogP contribution in [0.3, 0.4) is 0 Å². The molecule has 1 aromatic heterocycles. The molecule has 0 fully saturated rings. The van der Waals surface area contributed by atoms with Crippen molar-refractivity contribution in [2.24, 2.45) is 0 Å². The summed E-state index contributed by atoms with van der Waals surface area (Å²) >= 11 is 0. The minimum absolute atomic E-state index is 0.0482. The van der Waals surface area contributed by atoms with Crippen LogP contribution in [0, 0.1) is 13.8 Å². The second-order valence-electron chi connectivity index (χ2n) is 8.02. The van der Waals surface area contributed by atoms with Gasteiger partial charge in [-0.3, -0.25) is 4.79 Å². The molecule has 3 aromatic carbocycles. The smallest absolute Gasteiger partial charge is 0.345 e. The number of methoxy groups -OCH3 is 1. The Morgan fingerprint density at radius 2 is 1.38 bits per heavy atom. The van der Waals surface area contributed by atoms with Gasteiger partial charge in [-0.25, -0.2) is 9.59 Å². The maximum Gasteiger partial charge on any atom is 0.345 e. The molecule has 0 aliphatic rings. The van der Waals surface area contributed by atoms with Gasteiger partial charge < -0.3 is 14.6 Å². The van der Waals surface area contributed by atoms with Gasteiger partial charge in [0.2, 0.25) is 11.0 Å². The molecule has 0 bridgehead atoms.